The molecule has 1 N–H and O–H groups in total. The molecule has 1 amide bonds. The van der Waals surface area contributed by atoms with Gasteiger partial charge in [0, 0.05) is 20.3 Å². The van der Waals surface area contributed by atoms with Gasteiger partial charge >= 0.3 is 5.69 Å². The molecule has 0 aliphatic rings. The number of nitro groups is 1. The molecule has 0 saturated carbocycles. The van der Waals surface area contributed by atoms with Gasteiger partial charge in [-0.3, -0.25) is 14.9 Å². The van der Waals surface area contributed by atoms with Crippen LogP contribution in [0.15, 0.2) is 12.1 Å². The van der Waals surface area contributed by atoms with Gasteiger partial charge in [-0.1, -0.05) is 0 Å². The van der Waals surface area contributed by atoms with Gasteiger partial charge in [-0.2, -0.15) is 4.39 Å². The van der Waals surface area contributed by atoms with Crippen LogP contribution in [0, 0.1) is 21.7 Å². The first-order valence-corrected chi connectivity index (χ1v) is 6.38. The van der Waals surface area contributed by atoms with Gasteiger partial charge in [-0.05, 0) is 25.3 Å². The Balaban J connectivity index is 2.58. The van der Waals surface area contributed by atoms with E-state index >= 15 is 0 Å². The number of hydrogen-bond acceptors (Lipinski definition) is 4. The van der Waals surface area contributed by atoms with Crippen LogP contribution in [0.3, 0.4) is 0 Å². The summed E-state index contributed by atoms with van der Waals surface area (Å²) in [5.41, 5.74) is -1.54. The zero-order chi connectivity index (χ0) is 15.8. The Morgan fingerprint density at radius 3 is 2.62 bits per heavy atom. The Labute approximate surface area is 120 Å². The van der Waals surface area contributed by atoms with Crippen molar-refractivity contribution < 1.29 is 23.2 Å². The maximum atomic E-state index is 13.6. The topological polar surface area (TPSA) is 81.5 Å². The van der Waals surface area contributed by atoms with Crippen LogP contribution in [0.2, 0.25) is 0 Å². The van der Waals surface area contributed by atoms with Crippen molar-refractivity contribution in [3.8, 4) is 0 Å². The number of ether oxygens (including phenoxy) is 1. The number of hydrogen-bond donors (Lipinski definition) is 1. The fourth-order valence-electron chi connectivity index (χ4n) is 1.70. The predicted octanol–water partition coefficient (Wildman–Crippen LogP) is 2.42. The van der Waals surface area contributed by atoms with Crippen LogP contribution in [-0.2, 0) is 4.74 Å². The SMILES string of the molecule is COCCCCCNC(=O)c1cc(F)c([N+](=O)[O-])cc1F. The standard InChI is InChI=1S/C13H16F2N2O4/c1-21-6-4-2-3-5-16-13(18)9-7-11(15)12(17(19)20)8-10(9)14/h7-8H,2-6H2,1H3,(H,16,18). The molecule has 116 valence electrons. The third-order valence-corrected chi connectivity index (χ3v) is 2.79. The second kappa shape index (κ2) is 8.25. The molecule has 0 fully saturated rings. The number of amides is 1. The van der Waals surface area contributed by atoms with E-state index in [0.717, 1.165) is 12.8 Å². The molecule has 0 aromatic heterocycles. The molecule has 0 unspecified atom stereocenters. The largest absolute Gasteiger partial charge is 0.385 e. The first-order chi connectivity index (χ1) is 9.97. The monoisotopic (exact) mass is 302 g/mol. The summed E-state index contributed by atoms with van der Waals surface area (Å²) in [4.78, 5) is 21.1. The number of nitro benzene ring substituents is 1. The highest BCUT2D eigenvalue weighted by Crippen LogP contribution is 2.21. The Morgan fingerprint density at radius 1 is 1.29 bits per heavy atom. The molecule has 0 atom stereocenters. The summed E-state index contributed by atoms with van der Waals surface area (Å²) in [6, 6.07) is 0.941. The summed E-state index contributed by atoms with van der Waals surface area (Å²) in [6.45, 7) is 0.927. The highest BCUT2D eigenvalue weighted by Gasteiger charge is 2.21. The van der Waals surface area contributed by atoms with Crippen LogP contribution in [0.5, 0.6) is 0 Å². The molecule has 0 heterocycles. The van der Waals surface area contributed by atoms with Crippen LogP contribution < -0.4 is 5.32 Å². The molecule has 8 heteroatoms. The van der Waals surface area contributed by atoms with Crippen molar-refractivity contribution in [3.05, 3.63) is 39.4 Å². The summed E-state index contributed by atoms with van der Waals surface area (Å²) in [5, 5.41) is 12.9. The van der Waals surface area contributed by atoms with E-state index in [0.29, 0.717) is 31.7 Å². The maximum absolute atomic E-state index is 13.6. The number of nitrogens with one attached hydrogen (secondary N) is 1. The summed E-state index contributed by atoms with van der Waals surface area (Å²) < 4.78 is 31.8. The van der Waals surface area contributed by atoms with Crippen LogP contribution in [-0.4, -0.2) is 31.1 Å². The van der Waals surface area contributed by atoms with Crippen LogP contribution in [0.4, 0.5) is 14.5 Å². The minimum absolute atomic E-state index is 0.306. The molecule has 1 aromatic carbocycles. The molecule has 0 radical (unpaired) electrons. The summed E-state index contributed by atoms with van der Waals surface area (Å²) in [6.07, 6.45) is 2.34. The number of unbranched alkanes of at least 4 members (excludes halogenated alkanes) is 2. The average Bonchev–Trinajstić information content (AvgIpc) is 2.44. The van der Waals surface area contributed by atoms with E-state index in [9.17, 15) is 23.7 Å². The lowest BCUT2D eigenvalue weighted by Gasteiger charge is -2.06. The number of benzene rings is 1. The molecule has 0 spiro atoms. The lowest BCUT2D eigenvalue weighted by Crippen LogP contribution is -2.25. The van der Waals surface area contributed by atoms with Gasteiger partial charge in [0.15, 0.2) is 0 Å². The van der Waals surface area contributed by atoms with Crippen molar-refractivity contribution in [1.82, 2.24) is 5.32 Å². The third kappa shape index (κ3) is 5.07. The van der Waals surface area contributed by atoms with E-state index in [-0.39, 0.29) is 0 Å². The highest BCUT2D eigenvalue weighted by molar-refractivity contribution is 5.94. The first kappa shape index (κ1) is 17.0. The quantitative estimate of drug-likeness (QED) is 0.454. The molecular formula is C13H16F2N2O4. The van der Waals surface area contributed by atoms with Crippen molar-refractivity contribution >= 4 is 11.6 Å². The summed E-state index contributed by atoms with van der Waals surface area (Å²) in [5.74, 6) is -3.17. The van der Waals surface area contributed by atoms with Gasteiger partial charge in [0.25, 0.3) is 5.91 Å². The highest BCUT2D eigenvalue weighted by atomic mass is 19.1. The number of halogens is 2. The van der Waals surface area contributed by atoms with Crippen molar-refractivity contribution in [3.63, 3.8) is 0 Å². The van der Waals surface area contributed by atoms with Gasteiger partial charge in [0.05, 0.1) is 16.6 Å². The average molecular weight is 302 g/mol. The van der Waals surface area contributed by atoms with E-state index in [1.807, 2.05) is 0 Å². The molecule has 0 aliphatic carbocycles. The van der Waals surface area contributed by atoms with E-state index in [1.165, 1.54) is 0 Å². The Bertz CT molecular complexity index is 523. The molecule has 1 aromatic rings. The minimum Gasteiger partial charge on any atom is -0.385 e. The van der Waals surface area contributed by atoms with Gasteiger partial charge < -0.3 is 10.1 Å². The number of nitrogens with zero attached hydrogens (tertiary/aromatic N) is 1. The fraction of sp³-hybridized carbons (Fsp3) is 0.462. The van der Waals surface area contributed by atoms with Crippen LogP contribution in [0.25, 0.3) is 0 Å². The minimum atomic E-state index is -1.24. The molecule has 0 bridgehead atoms. The van der Waals surface area contributed by atoms with Crippen LogP contribution in [0.1, 0.15) is 29.6 Å². The number of carbonyl (C=O) groups excluding carboxylic acids is 1. The van der Waals surface area contributed by atoms with Gasteiger partial charge in [0.1, 0.15) is 5.82 Å². The van der Waals surface area contributed by atoms with Crippen LogP contribution >= 0.6 is 0 Å². The zero-order valence-electron chi connectivity index (χ0n) is 11.5. The maximum Gasteiger partial charge on any atom is 0.307 e. The smallest absolute Gasteiger partial charge is 0.307 e. The first-order valence-electron chi connectivity index (χ1n) is 6.38. The third-order valence-electron chi connectivity index (χ3n) is 2.79. The van der Waals surface area contributed by atoms with Crippen molar-refractivity contribution in [1.29, 1.82) is 0 Å². The number of methoxy groups -OCH3 is 1. The summed E-state index contributed by atoms with van der Waals surface area (Å²) >= 11 is 0. The number of rotatable bonds is 8. The second-order valence-electron chi connectivity index (χ2n) is 4.35. The van der Waals surface area contributed by atoms with Gasteiger partial charge in [0.2, 0.25) is 5.82 Å². The molecule has 0 saturated heterocycles. The lowest BCUT2D eigenvalue weighted by atomic mass is 10.1. The second-order valence-corrected chi connectivity index (χ2v) is 4.35. The van der Waals surface area contributed by atoms with E-state index < -0.39 is 33.7 Å². The number of carbonyl (C=O) groups is 1. The molecular weight excluding hydrogens is 286 g/mol. The Hall–Kier alpha value is -2.09. The molecule has 21 heavy (non-hydrogen) atoms. The fourth-order valence-corrected chi connectivity index (χ4v) is 1.70. The van der Waals surface area contributed by atoms with Crippen molar-refractivity contribution in [2.75, 3.05) is 20.3 Å². The van der Waals surface area contributed by atoms with E-state index in [2.05, 4.69) is 5.32 Å². The Kier molecular flexibility index (Phi) is 6.67. The Morgan fingerprint density at radius 2 is 2.00 bits per heavy atom. The van der Waals surface area contributed by atoms with Gasteiger partial charge in [-0.15, -0.1) is 0 Å². The van der Waals surface area contributed by atoms with Crippen molar-refractivity contribution in [2.24, 2.45) is 0 Å². The molecule has 6 nitrogen and oxygen atoms in total. The predicted molar refractivity (Wildman–Crippen MR) is 71.1 cm³/mol. The van der Waals surface area contributed by atoms with Crippen molar-refractivity contribution in [2.45, 2.75) is 19.3 Å². The lowest BCUT2D eigenvalue weighted by molar-refractivity contribution is -0.387. The molecule has 0 aliphatic heterocycles. The normalized spacial score (nSPS) is 10.4. The van der Waals surface area contributed by atoms with E-state index in [4.69, 9.17) is 4.74 Å². The van der Waals surface area contributed by atoms with E-state index in [1.54, 1.807) is 7.11 Å². The molecule has 1 rings (SSSR count). The van der Waals surface area contributed by atoms with Gasteiger partial charge in [-0.25, -0.2) is 4.39 Å². The summed E-state index contributed by atoms with van der Waals surface area (Å²) in [7, 11) is 1.59. The zero-order valence-corrected chi connectivity index (χ0v) is 11.5.